The van der Waals surface area contributed by atoms with Crippen molar-refractivity contribution in [3.8, 4) is 0 Å². The van der Waals surface area contributed by atoms with Crippen LogP contribution < -0.4 is 5.32 Å². The highest BCUT2D eigenvalue weighted by Crippen LogP contribution is 2.22. The van der Waals surface area contributed by atoms with Crippen LogP contribution in [0.15, 0.2) is 29.8 Å². The Morgan fingerprint density at radius 2 is 2.21 bits per heavy atom. The predicted octanol–water partition coefficient (Wildman–Crippen LogP) is 3.43. The van der Waals surface area contributed by atoms with E-state index < -0.39 is 0 Å². The van der Waals surface area contributed by atoms with Crippen molar-refractivity contribution >= 4 is 27.2 Å². The second-order valence-corrected chi connectivity index (χ2v) is 5.37. The van der Waals surface area contributed by atoms with Gasteiger partial charge in [-0.15, -0.1) is 11.3 Å². The topological polar surface area (TPSA) is 42.7 Å². The molecule has 19 heavy (non-hydrogen) atoms. The average Bonchev–Trinajstić information content (AvgIpc) is 3.01. The lowest BCUT2D eigenvalue weighted by molar-refractivity contribution is 0.623. The Hall–Kier alpha value is -1.88. The van der Waals surface area contributed by atoms with E-state index in [-0.39, 0.29) is 0 Å². The number of nitrogens with one attached hydrogen (secondary N) is 1. The smallest absolute Gasteiger partial charge is 0.0813 e. The van der Waals surface area contributed by atoms with Gasteiger partial charge in [0.15, 0.2) is 0 Å². The molecule has 0 bridgehead atoms. The third kappa shape index (κ3) is 2.46. The van der Waals surface area contributed by atoms with Gasteiger partial charge in [0.1, 0.15) is 0 Å². The normalized spacial score (nSPS) is 11.1. The largest absolute Gasteiger partial charge is 0.379 e. The molecule has 0 amide bonds. The van der Waals surface area contributed by atoms with Crippen molar-refractivity contribution in [2.45, 2.75) is 26.9 Å². The van der Waals surface area contributed by atoms with Crippen LogP contribution in [0.3, 0.4) is 0 Å². The van der Waals surface area contributed by atoms with E-state index in [2.05, 4.69) is 46.6 Å². The Kier molecular flexibility index (Phi) is 3.21. The van der Waals surface area contributed by atoms with E-state index in [1.54, 1.807) is 11.3 Å². The molecule has 0 atom stereocenters. The molecular formula is C14H16N4S. The molecule has 0 unspecified atom stereocenters. The summed E-state index contributed by atoms with van der Waals surface area (Å²) in [6.07, 6.45) is 0. The number of hydrogen-bond donors (Lipinski definition) is 1. The van der Waals surface area contributed by atoms with E-state index in [9.17, 15) is 0 Å². The van der Waals surface area contributed by atoms with Crippen molar-refractivity contribution in [1.29, 1.82) is 0 Å². The molecule has 2 heterocycles. The molecule has 0 aliphatic carbocycles. The molecule has 98 valence electrons. The van der Waals surface area contributed by atoms with E-state index in [4.69, 9.17) is 0 Å². The highest BCUT2D eigenvalue weighted by atomic mass is 32.1. The first kappa shape index (κ1) is 12.2. The molecular weight excluding hydrogens is 256 g/mol. The lowest BCUT2D eigenvalue weighted by Gasteiger charge is -2.08. The van der Waals surface area contributed by atoms with Gasteiger partial charge in [0.25, 0.3) is 0 Å². The van der Waals surface area contributed by atoms with Gasteiger partial charge in [0.2, 0.25) is 0 Å². The molecule has 3 rings (SSSR count). The van der Waals surface area contributed by atoms with Gasteiger partial charge in [-0.05, 0) is 38.1 Å². The molecule has 0 spiro atoms. The first-order valence-electron chi connectivity index (χ1n) is 6.36. The number of aryl methyl sites for hydroxylation is 2. The van der Waals surface area contributed by atoms with Crippen LogP contribution in [0.2, 0.25) is 0 Å². The fraction of sp³-hybridized carbons (Fsp3) is 0.286. The van der Waals surface area contributed by atoms with Crippen LogP contribution in [-0.2, 0) is 13.1 Å². The minimum Gasteiger partial charge on any atom is -0.379 e. The fourth-order valence-corrected chi connectivity index (χ4v) is 2.89. The third-order valence-corrected chi connectivity index (χ3v) is 3.88. The highest BCUT2D eigenvalue weighted by molar-refractivity contribution is 7.16. The Bertz CT molecular complexity index is 698. The first-order chi connectivity index (χ1) is 9.26. The number of nitrogens with zero attached hydrogens (tertiary/aromatic N) is 3. The van der Waals surface area contributed by atoms with E-state index in [1.165, 1.54) is 10.4 Å². The number of benzene rings is 1. The molecule has 4 nitrogen and oxygen atoms in total. The molecule has 3 aromatic rings. The Morgan fingerprint density at radius 1 is 1.32 bits per heavy atom. The summed E-state index contributed by atoms with van der Waals surface area (Å²) in [5.41, 5.74) is 6.34. The minimum absolute atomic E-state index is 0.791. The molecule has 1 aromatic carbocycles. The summed E-state index contributed by atoms with van der Waals surface area (Å²) in [7, 11) is 0. The zero-order valence-corrected chi connectivity index (χ0v) is 11.9. The maximum Gasteiger partial charge on any atom is 0.0813 e. The van der Waals surface area contributed by atoms with Crippen LogP contribution in [0, 0.1) is 6.92 Å². The van der Waals surface area contributed by atoms with E-state index >= 15 is 0 Å². The summed E-state index contributed by atoms with van der Waals surface area (Å²) in [6.45, 7) is 5.83. The zero-order chi connectivity index (χ0) is 13.2. The molecule has 0 fully saturated rings. The molecule has 0 saturated carbocycles. The molecule has 0 saturated heterocycles. The standard InChI is InChI=1S/C14H16N4S/c1-3-18-12(6-10(2)17-18)8-15-11-4-5-13-14(7-11)19-9-16-13/h4-7,9,15H,3,8H2,1-2H3. The third-order valence-electron chi connectivity index (χ3n) is 3.09. The fourth-order valence-electron chi connectivity index (χ4n) is 2.17. The maximum absolute atomic E-state index is 4.45. The second-order valence-electron chi connectivity index (χ2n) is 4.48. The van der Waals surface area contributed by atoms with Gasteiger partial charge in [-0.2, -0.15) is 5.10 Å². The first-order valence-corrected chi connectivity index (χ1v) is 7.24. The van der Waals surface area contributed by atoms with Crippen LogP contribution in [0.25, 0.3) is 10.2 Å². The number of thiazole rings is 1. The highest BCUT2D eigenvalue weighted by Gasteiger charge is 2.04. The molecule has 0 aliphatic rings. The Balaban J connectivity index is 1.77. The summed E-state index contributed by atoms with van der Waals surface area (Å²) in [5, 5.41) is 7.90. The van der Waals surface area contributed by atoms with Gasteiger partial charge < -0.3 is 5.32 Å². The average molecular weight is 272 g/mol. The molecule has 1 N–H and O–H groups in total. The van der Waals surface area contributed by atoms with E-state index in [0.717, 1.165) is 30.0 Å². The molecule has 0 radical (unpaired) electrons. The van der Waals surface area contributed by atoms with E-state index in [0.29, 0.717) is 0 Å². The van der Waals surface area contributed by atoms with Crippen LogP contribution in [-0.4, -0.2) is 14.8 Å². The van der Waals surface area contributed by atoms with Crippen molar-refractivity contribution in [3.63, 3.8) is 0 Å². The summed E-state index contributed by atoms with van der Waals surface area (Å²) in [4.78, 5) is 4.29. The van der Waals surface area contributed by atoms with Crippen LogP contribution in [0.5, 0.6) is 0 Å². The van der Waals surface area contributed by atoms with Gasteiger partial charge in [-0.25, -0.2) is 4.98 Å². The lowest BCUT2D eigenvalue weighted by atomic mass is 10.3. The SMILES string of the molecule is CCn1nc(C)cc1CNc1ccc2ncsc2c1. The van der Waals surface area contributed by atoms with Gasteiger partial charge in [-0.1, -0.05) is 0 Å². The second kappa shape index (κ2) is 5.01. The summed E-state index contributed by atoms with van der Waals surface area (Å²) in [5.74, 6) is 0. The Labute approximate surface area is 116 Å². The van der Waals surface area contributed by atoms with Crippen LogP contribution in [0.1, 0.15) is 18.3 Å². The monoisotopic (exact) mass is 272 g/mol. The minimum atomic E-state index is 0.791. The summed E-state index contributed by atoms with van der Waals surface area (Å²) < 4.78 is 3.25. The van der Waals surface area contributed by atoms with Crippen molar-refractivity contribution in [3.05, 3.63) is 41.2 Å². The Morgan fingerprint density at radius 3 is 3.05 bits per heavy atom. The van der Waals surface area contributed by atoms with Crippen LogP contribution >= 0.6 is 11.3 Å². The number of rotatable bonds is 4. The molecule has 0 aliphatic heterocycles. The lowest BCUT2D eigenvalue weighted by Crippen LogP contribution is -2.07. The number of anilines is 1. The number of fused-ring (bicyclic) bond motifs is 1. The van der Waals surface area contributed by atoms with Crippen molar-refractivity contribution in [1.82, 2.24) is 14.8 Å². The summed E-state index contributed by atoms with van der Waals surface area (Å²) >= 11 is 1.67. The van der Waals surface area contributed by atoms with Gasteiger partial charge >= 0.3 is 0 Å². The van der Waals surface area contributed by atoms with Gasteiger partial charge in [-0.3, -0.25) is 4.68 Å². The molecule has 2 aromatic heterocycles. The van der Waals surface area contributed by atoms with Crippen molar-refractivity contribution in [2.75, 3.05) is 5.32 Å². The number of hydrogen-bond acceptors (Lipinski definition) is 4. The van der Waals surface area contributed by atoms with Gasteiger partial charge in [0.05, 0.1) is 33.7 Å². The maximum atomic E-state index is 4.45. The number of aromatic nitrogens is 3. The van der Waals surface area contributed by atoms with Crippen LogP contribution in [0.4, 0.5) is 5.69 Å². The quantitative estimate of drug-likeness (QED) is 0.791. The predicted molar refractivity (Wildman–Crippen MR) is 79.6 cm³/mol. The van der Waals surface area contributed by atoms with Crippen molar-refractivity contribution < 1.29 is 0 Å². The molecule has 5 heteroatoms. The van der Waals surface area contributed by atoms with E-state index in [1.807, 2.05) is 17.1 Å². The zero-order valence-electron chi connectivity index (χ0n) is 11.1. The summed E-state index contributed by atoms with van der Waals surface area (Å²) in [6, 6.07) is 8.40. The van der Waals surface area contributed by atoms with Crippen molar-refractivity contribution in [2.24, 2.45) is 0 Å². The van der Waals surface area contributed by atoms with Gasteiger partial charge in [0, 0.05) is 12.2 Å².